The number of pyridine rings is 1. The number of β-amino-alcohol motifs (C(OH)–C–C–N with tert-alkyl or cyclic N) is 1. The SMILES string of the molecule is NC(=Nc1ccc([N+](=O)[O-])cn1)N1CCN(CCO)CC1. The normalized spacial score (nSPS) is 17.0. The van der Waals surface area contributed by atoms with Crippen LogP contribution in [0, 0.1) is 10.1 Å². The molecule has 0 bridgehead atoms. The number of hydrogen-bond donors (Lipinski definition) is 2. The van der Waals surface area contributed by atoms with Gasteiger partial charge in [0.1, 0.15) is 6.20 Å². The Balaban J connectivity index is 1.96. The summed E-state index contributed by atoms with van der Waals surface area (Å²) in [5.41, 5.74) is 5.85. The number of aliphatic hydroxyl groups is 1. The lowest BCUT2D eigenvalue weighted by atomic mass is 10.3. The lowest BCUT2D eigenvalue weighted by Crippen LogP contribution is -2.51. The van der Waals surface area contributed by atoms with E-state index in [0.29, 0.717) is 18.3 Å². The van der Waals surface area contributed by atoms with Crippen molar-refractivity contribution in [3.8, 4) is 0 Å². The van der Waals surface area contributed by atoms with Gasteiger partial charge in [0.15, 0.2) is 11.8 Å². The highest BCUT2D eigenvalue weighted by atomic mass is 16.6. The molecule has 2 rings (SSSR count). The molecule has 0 aliphatic carbocycles. The summed E-state index contributed by atoms with van der Waals surface area (Å²) in [4.78, 5) is 22.2. The smallest absolute Gasteiger partial charge is 0.287 e. The summed E-state index contributed by atoms with van der Waals surface area (Å²) in [6, 6.07) is 2.81. The molecule has 1 fully saturated rings. The van der Waals surface area contributed by atoms with Gasteiger partial charge in [-0.05, 0) is 6.07 Å². The molecule has 1 saturated heterocycles. The molecule has 21 heavy (non-hydrogen) atoms. The third-order valence-electron chi connectivity index (χ3n) is 3.28. The Morgan fingerprint density at radius 3 is 2.67 bits per heavy atom. The molecule has 1 aliphatic heterocycles. The minimum absolute atomic E-state index is 0.0786. The van der Waals surface area contributed by atoms with E-state index in [1.807, 2.05) is 4.90 Å². The van der Waals surface area contributed by atoms with Gasteiger partial charge in [0.25, 0.3) is 5.69 Å². The van der Waals surface area contributed by atoms with Crippen LogP contribution in [0.4, 0.5) is 11.5 Å². The van der Waals surface area contributed by atoms with Gasteiger partial charge in [0.05, 0.1) is 11.5 Å². The van der Waals surface area contributed by atoms with Crippen LogP contribution in [0.5, 0.6) is 0 Å². The Labute approximate surface area is 121 Å². The van der Waals surface area contributed by atoms with E-state index in [1.54, 1.807) is 0 Å². The largest absolute Gasteiger partial charge is 0.395 e. The molecule has 2 heterocycles. The van der Waals surface area contributed by atoms with Crippen LogP contribution >= 0.6 is 0 Å². The highest BCUT2D eigenvalue weighted by molar-refractivity contribution is 5.80. The number of nitrogens with zero attached hydrogens (tertiary/aromatic N) is 5. The molecule has 0 radical (unpaired) electrons. The zero-order valence-electron chi connectivity index (χ0n) is 11.6. The summed E-state index contributed by atoms with van der Waals surface area (Å²) in [5, 5.41) is 19.4. The number of piperazine rings is 1. The fraction of sp³-hybridized carbons (Fsp3) is 0.500. The number of aliphatic imine (C=N–C) groups is 1. The molecule has 0 atom stereocenters. The van der Waals surface area contributed by atoms with Gasteiger partial charge in [0, 0.05) is 38.8 Å². The molecule has 1 aromatic rings. The van der Waals surface area contributed by atoms with Crippen LogP contribution in [0.25, 0.3) is 0 Å². The van der Waals surface area contributed by atoms with Crippen molar-refractivity contribution in [1.82, 2.24) is 14.8 Å². The number of hydrogen-bond acceptors (Lipinski definition) is 6. The molecule has 0 saturated carbocycles. The molecule has 9 heteroatoms. The van der Waals surface area contributed by atoms with Crippen molar-refractivity contribution in [3.05, 3.63) is 28.4 Å². The molecule has 1 aromatic heterocycles. The van der Waals surface area contributed by atoms with E-state index in [0.717, 1.165) is 32.4 Å². The first-order valence-corrected chi connectivity index (χ1v) is 6.63. The molecule has 0 unspecified atom stereocenters. The molecule has 3 N–H and O–H groups in total. The summed E-state index contributed by atoms with van der Waals surface area (Å²) < 4.78 is 0. The Kier molecular flexibility index (Phi) is 5.01. The highest BCUT2D eigenvalue weighted by Crippen LogP contribution is 2.14. The lowest BCUT2D eigenvalue weighted by molar-refractivity contribution is -0.385. The van der Waals surface area contributed by atoms with Gasteiger partial charge in [-0.15, -0.1) is 0 Å². The van der Waals surface area contributed by atoms with Crippen molar-refractivity contribution in [2.75, 3.05) is 39.3 Å². The summed E-state index contributed by atoms with van der Waals surface area (Å²) in [7, 11) is 0. The monoisotopic (exact) mass is 294 g/mol. The average Bonchev–Trinajstić information content (AvgIpc) is 2.49. The second-order valence-corrected chi connectivity index (χ2v) is 4.65. The van der Waals surface area contributed by atoms with Gasteiger partial charge in [-0.3, -0.25) is 15.0 Å². The van der Waals surface area contributed by atoms with Crippen LogP contribution in [0.3, 0.4) is 0 Å². The number of nitrogens with two attached hydrogens (primary N) is 1. The summed E-state index contributed by atoms with van der Waals surface area (Å²) in [6.45, 7) is 3.88. The van der Waals surface area contributed by atoms with Crippen LogP contribution in [0.15, 0.2) is 23.3 Å². The van der Waals surface area contributed by atoms with Gasteiger partial charge in [-0.2, -0.15) is 4.99 Å². The highest BCUT2D eigenvalue weighted by Gasteiger charge is 2.17. The van der Waals surface area contributed by atoms with Gasteiger partial charge in [0.2, 0.25) is 0 Å². The number of aromatic nitrogens is 1. The zero-order valence-corrected chi connectivity index (χ0v) is 11.6. The first-order chi connectivity index (χ1) is 10.1. The Morgan fingerprint density at radius 2 is 2.14 bits per heavy atom. The maximum Gasteiger partial charge on any atom is 0.287 e. The number of rotatable bonds is 4. The minimum atomic E-state index is -0.510. The second kappa shape index (κ2) is 6.95. The van der Waals surface area contributed by atoms with Crippen molar-refractivity contribution in [1.29, 1.82) is 0 Å². The van der Waals surface area contributed by atoms with E-state index in [2.05, 4.69) is 14.9 Å². The van der Waals surface area contributed by atoms with Gasteiger partial charge >= 0.3 is 0 Å². The summed E-state index contributed by atoms with van der Waals surface area (Å²) >= 11 is 0. The fourth-order valence-electron chi connectivity index (χ4n) is 2.08. The van der Waals surface area contributed by atoms with E-state index < -0.39 is 4.92 Å². The topological polar surface area (TPSA) is 121 Å². The standard InChI is InChI=1S/C12H18N6O3/c13-12(17-5-3-16(4-6-17)7-8-19)15-11-2-1-10(9-14-11)18(20)21/h1-2,9,19H,3-8H2,(H2,13,14,15). The molecule has 9 nitrogen and oxygen atoms in total. The second-order valence-electron chi connectivity index (χ2n) is 4.65. The Morgan fingerprint density at radius 1 is 1.43 bits per heavy atom. The maximum atomic E-state index is 10.5. The van der Waals surface area contributed by atoms with Gasteiger partial charge < -0.3 is 15.7 Å². The molecule has 114 valence electrons. The first kappa shape index (κ1) is 15.1. The average molecular weight is 294 g/mol. The Hall–Kier alpha value is -2.26. The van der Waals surface area contributed by atoms with Crippen LogP contribution < -0.4 is 5.73 Å². The van der Waals surface area contributed by atoms with Crippen LogP contribution in [-0.2, 0) is 0 Å². The molecule has 0 amide bonds. The molecule has 1 aliphatic rings. The molecule has 0 spiro atoms. The zero-order chi connectivity index (χ0) is 15.2. The van der Waals surface area contributed by atoms with Crippen LogP contribution in [-0.4, -0.2) is 70.1 Å². The van der Waals surface area contributed by atoms with Crippen molar-refractivity contribution < 1.29 is 10.0 Å². The number of nitro groups is 1. The third kappa shape index (κ3) is 4.10. The predicted octanol–water partition coefficient (Wildman–Crippen LogP) is -0.454. The van der Waals surface area contributed by atoms with Gasteiger partial charge in [-0.1, -0.05) is 0 Å². The van der Waals surface area contributed by atoms with Gasteiger partial charge in [-0.25, -0.2) is 4.98 Å². The predicted molar refractivity (Wildman–Crippen MR) is 77.3 cm³/mol. The molecule has 0 aromatic carbocycles. The maximum absolute atomic E-state index is 10.5. The lowest BCUT2D eigenvalue weighted by Gasteiger charge is -2.34. The molecular formula is C12H18N6O3. The van der Waals surface area contributed by atoms with E-state index in [-0.39, 0.29) is 12.3 Å². The van der Waals surface area contributed by atoms with E-state index in [1.165, 1.54) is 12.1 Å². The van der Waals surface area contributed by atoms with Crippen molar-refractivity contribution in [3.63, 3.8) is 0 Å². The van der Waals surface area contributed by atoms with Crippen molar-refractivity contribution in [2.45, 2.75) is 0 Å². The number of aliphatic hydroxyl groups excluding tert-OH is 1. The van der Waals surface area contributed by atoms with Crippen LogP contribution in [0.1, 0.15) is 0 Å². The minimum Gasteiger partial charge on any atom is -0.395 e. The first-order valence-electron chi connectivity index (χ1n) is 6.63. The van der Waals surface area contributed by atoms with Crippen molar-refractivity contribution in [2.24, 2.45) is 10.7 Å². The Bertz CT molecular complexity index is 510. The van der Waals surface area contributed by atoms with E-state index in [4.69, 9.17) is 10.8 Å². The van der Waals surface area contributed by atoms with Crippen LogP contribution in [0.2, 0.25) is 0 Å². The van der Waals surface area contributed by atoms with E-state index in [9.17, 15) is 10.1 Å². The summed E-state index contributed by atoms with van der Waals surface area (Å²) in [5.74, 6) is 0.691. The van der Waals surface area contributed by atoms with E-state index >= 15 is 0 Å². The fourth-order valence-corrected chi connectivity index (χ4v) is 2.08. The van der Waals surface area contributed by atoms with Crippen molar-refractivity contribution >= 4 is 17.5 Å². The molecular weight excluding hydrogens is 276 g/mol. The third-order valence-corrected chi connectivity index (χ3v) is 3.28. The quantitative estimate of drug-likeness (QED) is 0.334. The summed E-state index contributed by atoms with van der Waals surface area (Å²) in [6.07, 6.45) is 1.16. The number of guanidine groups is 1.